The van der Waals surface area contributed by atoms with Crippen molar-refractivity contribution < 1.29 is 14.7 Å². The van der Waals surface area contributed by atoms with Crippen LogP contribution in [-0.2, 0) is 11.3 Å². The number of hydrogen-bond donors (Lipinski definition) is 3. The molecule has 1 amide bonds. The monoisotopic (exact) mass is 389 g/mol. The van der Waals surface area contributed by atoms with Gasteiger partial charge in [-0.25, -0.2) is 4.79 Å². The van der Waals surface area contributed by atoms with Gasteiger partial charge in [-0.2, -0.15) is 5.26 Å². The van der Waals surface area contributed by atoms with E-state index in [2.05, 4.69) is 10.6 Å². The molecule has 3 N–H and O–H groups in total. The average molecular weight is 390 g/mol. The van der Waals surface area contributed by atoms with Gasteiger partial charge in [0.2, 0.25) is 0 Å². The molecule has 2 aromatic rings. The quantitative estimate of drug-likeness (QED) is 0.514. The van der Waals surface area contributed by atoms with Crippen LogP contribution >= 0.6 is 23.2 Å². The molecule has 0 aromatic heterocycles. The highest BCUT2D eigenvalue weighted by molar-refractivity contribution is 6.36. The number of amides is 1. The SMILES string of the molecule is N#C/C(=C/NCc1ccc(C(=O)O)cc1)C(=O)Nc1ccc(Cl)cc1Cl. The first-order valence-electron chi connectivity index (χ1n) is 7.33. The van der Waals surface area contributed by atoms with Crippen molar-refractivity contribution in [2.45, 2.75) is 6.54 Å². The number of carbonyl (C=O) groups excluding carboxylic acids is 1. The van der Waals surface area contributed by atoms with E-state index in [9.17, 15) is 9.59 Å². The zero-order chi connectivity index (χ0) is 19.1. The average Bonchev–Trinajstić information content (AvgIpc) is 2.61. The standard InChI is InChI=1S/C18H13Cl2N3O3/c19-14-5-6-16(15(20)7-14)23-17(24)13(8-21)10-22-9-11-1-3-12(4-2-11)18(25)26/h1-7,10,22H,9H2,(H,23,24)(H,25,26)/b13-10-. The van der Waals surface area contributed by atoms with Crippen molar-refractivity contribution in [3.05, 3.63) is 75.4 Å². The summed E-state index contributed by atoms with van der Waals surface area (Å²) < 4.78 is 0. The molecule has 0 fully saturated rings. The summed E-state index contributed by atoms with van der Waals surface area (Å²) in [5.74, 6) is -1.63. The van der Waals surface area contributed by atoms with Crippen molar-refractivity contribution in [2.24, 2.45) is 0 Å². The maximum absolute atomic E-state index is 12.1. The fraction of sp³-hybridized carbons (Fsp3) is 0.0556. The van der Waals surface area contributed by atoms with E-state index in [1.807, 2.05) is 0 Å². The first kappa shape index (κ1) is 19.3. The molecule has 0 saturated heterocycles. The zero-order valence-corrected chi connectivity index (χ0v) is 14.8. The van der Waals surface area contributed by atoms with E-state index < -0.39 is 11.9 Å². The molecule has 0 aliphatic carbocycles. The molecule has 0 aliphatic rings. The third-order valence-corrected chi connectivity index (χ3v) is 3.85. The summed E-state index contributed by atoms with van der Waals surface area (Å²) in [4.78, 5) is 22.9. The number of rotatable bonds is 6. The molecule has 2 aromatic carbocycles. The molecule has 0 bridgehead atoms. The maximum atomic E-state index is 12.1. The van der Waals surface area contributed by atoms with Crippen molar-refractivity contribution >= 4 is 40.8 Å². The second-order valence-electron chi connectivity index (χ2n) is 5.13. The third kappa shape index (κ3) is 5.24. The van der Waals surface area contributed by atoms with Gasteiger partial charge in [0, 0.05) is 17.8 Å². The van der Waals surface area contributed by atoms with Crippen molar-refractivity contribution in [3.8, 4) is 6.07 Å². The van der Waals surface area contributed by atoms with Gasteiger partial charge in [0.1, 0.15) is 11.6 Å². The lowest BCUT2D eigenvalue weighted by molar-refractivity contribution is -0.112. The van der Waals surface area contributed by atoms with E-state index in [1.165, 1.54) is 30.5 Å². The van der Waals surface area contributed by atoms with E-state index in [-0.39, 0.29) is 16.2 Å². The van der Waals surface area contributed by atoms with Gasteiger partial charge in [0.25, 0.3) is 5.91 Å². The highest BCUT2D eigenvalue weighted by atomic mass is 35.5. The normalized spacial score (nSPS) is 10.7. The van der Waals surface area contributed by atoms with Crippen LogP contribution in [0.5, 0.6) is 0 Å². The first-order chi connectivity index (χ1) is 12.4. The second-order valence-corrected chi connectivity index (χ2v) is 5.97. The predicted octanol–water partition coefficient (Wildman–Crippen LogP) is 3.83. The summed E-state index contributed by atoms with van der Waals surface area (Å²) >= 11 is 11.8. The number of benzene rings is 2. The molecular weight excluding hydrogens is 377 g/mol. The number of aromatic carboxylic acids is 1. The minimum Gasteiger partial charge on any atom is -0.478 e. The van der Waals surface area contributed by atoms with Crippen molar-refractivity contribution in [3.63, 3.8) is 0 Å². The summed E-state index contributed by atoms with van der Waals surface area (Å²) in [5.41, 5.74) is 1.18. The van der Waals surface area contributed by atoms with E-state index in [1.54, 1.807) is 24.3 Å². The van der Waals surface area contributed by atoms with Gasteiger partial charge in [-0.15, -0.1) is 0 Å². The number of halogens is 2. The van der Waals surface area contributed by atoms with Crippen LogP contribution in [0.25, 0.3) is 0 Å². The Hall–Kier alpha value is -3.01. The van der Waals surface area contributed by atoms with E-state index in [4.69, 9.17) is 33.6 Å². The number of nitriles is 1. The molecule has 0 radical (unpaired) electrons. The maximum Gasteiger partial charge on any atom is 0.335 e. The van der Waals surface area contributed by atoms with Gasteiger partial charge in [-0.1, -0.05) is 35.3 Å². The minimum atomic E-state index is -1.01. The van der Waals surface area contributed by atoms with Crippen LogP contribution < -0.4 is 10.6 Å². The van der Waals surface area contributed by atoms with Gasteiger partial charge in [-0.3, -0.25) is 4.79 Å². The van der Waals surface area contributed by atoms with Gasteiger partial charge in [0.15, 0.2) is 0 Å². The number of nitrogens with zero attached hydrogens (tertiary/aromatic N) is 1. The molecule has 0 aliphatic heterocycles. The van der Waals surface area contributed by atoms with Gasteiger partial charge >= 0.3 is 5.97 Å². The van der Waals surface area contributed by atoms with Crippen LogP contribution in [0.4, 0.5) is 5.69 Å². The number of carboxylic acids is 1. The van der Waals surface area contributed by atoms with Crippen molar-refractivity contribution in [2.75, 3.05) is 5.32 Å². The molecule has 0 spiro atoms. The molecule has 132 valence electrons. The Labute approximate surface area is 159 Å². The molecule has 8 heteroatoms. The van der Waals surface area contributed by atoms with Crippen LogP contribution in [0.15, 0.2) is 54.2 Å². The highest BCUT2D eigenvalue weighted by Gasteiger charge is 2.11. The lowest BCUT2D eigenvalue weighted by Crippen LogP contribution is -2.17. The molecule has 2 rings (SSSR count). The molecule has 0 atom stereocenters. The summed E-state index contributed by atoms with van der Waals surface area (Å²) in [6, 6.07) is 12.6. The van der Waals surface area contributed by atoms with E-state index >= 15 is 0 Å². The second kappa shape index (κ2) is 8.90. The number of carbonyl (C=O) groups is 2. The van der Waals surface area contributed by atoms with Gasteiger partial charge in [0.05, 0.1) is 16.3 Å². The Balaban J connectivity index is 1.99. The Morgan fingerprint density at radius 2 is 1.85 bits per heavy atom. The highest BCUT2D eigenvalue weighted by Crippen LogP contribution is 2.25. The first-order valence-corrected chi connectivity index (χ1v) is 8.08. The number of nitrogens with one attached hydrogen (secondary N) is 2. The van der Waals surface area contributed by atoms with Gasteiger partial charge < -0.3 is 15.7 Å². The molecule has 26 heavy (non-hydrogen) atoms. The predicted molar refractivity (Wildman–Crippen MR) is 99.0 cm³/mol. The van der Waals surface area contributed by atoms with Crippen molar-refractivity contribution in [1.82, 2.24) is 5.32 Å². The molecule has 0 unspecified atom stereocenters. The summed E-state index contributed by atoms with van der Waals surface area (Å²) in [6.07, 6.45) is 1.28. The third-order valence-electron chi connectivity index (χ3n) is 3.30. The fourth-order valence-corrected chi connectivity index (χ4v) is 2.42. The Morgan fingerprint density at radius 1 is 1.15 bits per heavy atom. The zero-order valence-electron chi connectivity index (χ0n) is 13.3. The number of hydrogen-bond acceptors (Lipinski definition) is 4. The van der Waals surface area contributed by atoms with Crippen LogP contribution in [0.1, 0.15) is 15.9 Å². The Kier molecular flexibility index (Phi) is 6.61. The lowest BCUT2D eigenvalue weighted by atomic mass is 10.1. The molecule has 0 saturated carbocycles. The lowest BCUT2D eigenvalue weighted by Gasteiger charge is -2.07. The fourth-order valence-electron chi connectivity index (χ4n) is 1.97. The van der Waals surface area contributed by atoms with Gasteiger partial charge in [-0.05, 0) is 35.9 Å². The Morgan fingerprint density at radius 3 is 2.42 bits per heavy atom. The van der Waals surface area contributed by atoms with Crippen LogP contribution in [0.3, 0.4) is 0 Å². The summed E-state index contributed by atoms with van der Waals surface area (Å²) in [6.45, 7) is 0.320. The number of carboxylic acid groups (broad SMARTS) is 1. The Bertz CT molecular complexity index is 903. The van der Waals surface area contributed by atoms with E-state index in [0.717, 1.165) is 5.56 Å². The van der Waals surface area contributed by atoms with Crippen LogP contribution in [0, 0.1) is 11.3 Å². The topological polar surface area (TPSA) is 102 Å². The van der Waals surface area contributed by atoms with E-state index in [0.29, 0.717) is 17.3 Å². The molecular formula is C18H13Cl2N3O3. The summed E-state index contributed by atoms with van der Waals surface area (Å²) in [7, 11) is 0. The van der Waals surface area contributed by atoms with Crippen molar-refractivity contribution in [1.29, 1.82) is 5.26 Å². The minimum absolute atomic E-state index is 0.141. The summed E-state index contributed by atoms with van der Waals surface area (Å²) in [5, 5.41) is 24.1. The smallest absolute Gasteiger partial charge is 0.335 e. The number of anilines is 1. The van der Waals surface area contributed by atoms with Crippen LogP contribution in [0.2, 0.25) is 10.0 Å². The molecule has 6 nitrogen and oxygen atoms in total. The van der Waals surface area contributed by atoms with Crippen LogP contribution in [-0.4, -0.2) is 17.0 Å². The largest absolute Gasteiger partial charge is 0.478 e. The molecule has 0 heterocycles.